The lowest BCUT2D eigenvalue weighted by Gasteiger charge is -2.25. The van der Waals surface area contributed by atoms with Gasteiger partial charge < -0.3 is 9.47 Å². The highest BCUT2D eigenvalue weighted by atomic mass is 19.4. The van der Waals surface area contributed by atoms with E-state index in [1.807, 2.05) is 0 Å². The van der Waals surface area contributed by atoms with Crippen LogP contribution in [-0.4, -0.2) is 14.2 Å². The highest BCUT2D eigenvalue weighted by Gasteiger charge is 2.39. The second kappa shape index (κ2) is 6.19. The molecule has 2 aliphatic rings. The first-order valence-electron chi connectivity index (χ1n) is 7.99. The number of alkyl halides is 3. The van der Waals surface area contributed by atoms with E-state index in [0.29, 0.717) is 11.3 Å². The van der Waals surface area contributed by atoms with Crippen molar-refractivity contribution < 1.29 is 22.6 Å². The molecule has 1 unspecified atom stereocenters. The summed E-state index contributed by atoms with van der Waals surface area (Å²) in [5.74, 6) is 0.926. The van der Waals surface area contributed by atoms with Gasteiger partial charge in [-0.25, -0.2) is 0 Å². The standard InChI is InChI=1S/C18H21F3O2/c1-22-16-13-9-8-12(18(19,20)21)10-14(13)15(17(16)23-2)11-6-4-3-5-7-11/h8-11,16H,3-7H2,1-2H3. The zero-order valence-corrected chi connectivity index (χ0v) is 13.4. The number of ether oxygens (including phenoxy) is 2. The normalized spacial score (nSPS) is 22.4. The lowest BCUT2D eigenvalue weighted by molar-refractivity contribution is -0.137. The Morgan fingerprint density at radius 3 is 2.30 bits per heavy atom. The molecule has 0 radical (unpaired) electrons. The van der Waals surface area contributed by atoms with Gasteiger partial charge in [-0.1, -0.05) is 25.3 Å². The number of benzene rings is 1. The maximum atomic E-state index is 13.1. The second-order valence-electron chi connectivity index (χ2n) is 6.23. The minimum Gasteiger partial charge on any atom is -0.498 e. The average Bonchev–Trinajstić information content (AvgIpc) is 2.87. The van der Waals surface area contributed by atoms with E-state index in [1.54, 1.807) is 14.2 Å². The SMILES string of the molecule is COC1=C(C2CCCCC2)c2cc(C(F)(F)F)ccc2C1OC. The van der Waals surface area contributed by atoms with Crippen molar-refractivity contribution in [1.82, 2.24) is 0 Å². The van der Waals surface area contributed by atoms with Crippen LogP contribution in [0.1, 0.15) is 54.9 Å². The van der Waals surface area contributed by atoms with E-state index in [4.69, 9.17) is 9.47 Å². The highest BCUT2D eigenvalue weighted by molar-refractivity contribution is 5.78. The fraction of sp³-hybridized carbons (Fsp3) is 0.556. The number of rotatable bonds is 3. The van der Waals surface area contributed by atoms with Gasteiger partial charge >= 0.3 is 6.18 Å². The Morgan fingerprint density at radius 2 is 1.74 bits per heavy atom. The van der Waals surface area contributed by atoms with Crippen LogP contribution < -0.4 is 0 Å². The molecule has 23 heavy (non-hydrogen) atoms. The maximum absolute atomic E-state index is 13.1. The largest absolute Gasteiger partial charge is 0.498 e. The topological polar surface area (TPSA) is 18.5 Å². The predicted molar refractivity (Wildman–Crippen MR) is 81.7 cm³/mol. The van der Waals surface area contributed by atoms with Gasteiger partial charge in [-0.2, -0.15) is 13.2 Å². The Kier molecular flexibility index (Phi) is 4.41. The van der Waals surface area contributed by atoms with Gasteiger partial charge in [0.15, 0.2) is 0 Å². The molecule has 0 heterocycles. The minimum absolute atomic E-state index is 0.251. The van der Waals surface area contributed by atoms with Crippen molar-refractivity contribution in [2.75, 3.05) is 14.2 Å². The molecule has 0 amide bonds. The molecule has 1 atom stereocenters. The van der Waals surface area contributed by atoms with Crippen LogP contribution in [0.25, 0.3) is 5.57 Å². The fourth-order valence-corrected chi connectivity index (χ4v) is 3.87. The summed E-state index contributed by atoms with van der Waals surface area (Å²) in [6, 6.07) is 3.92. The minimum atomic E-state index is -4.34. The molecule has 2 nitrogen and oxygen atoms in total. The van der Waals surface area contributed by atoms with Gasteiger partial charge in [0.2, 0.25) is 0 Å². The van der Waals surface area contributed by atoms with Crippen molar-refractivity contribution in [3.05, 3.63) is 40.6 Å². The molecule has 2 aliphatic carbocycles. The molecule has 1 fully saturated rings. The number of methoxy groups -OCH3 is 2. The predicted octanol–water partition coefficient (Wildman–Crippen LogP) is 5.34. The van der Waals surface area contributed by atoms with Crippen molar-refractivity contribution >= 4 is 5.57 Å². The lowest BCUT2D eigenvalue weighted by atomic mass is 9.81. The summed E-state index contributed by atoms with van der Waals surface area (Å²) in [4.78, 5) is 0. The molecule has 0 aliphatic heterocycles. The van der Waals surface area contributed by atoms with Crippen LogP contribution in [0.5, 0.6) is 0 Å². The van der Waals surface area contributed by atoms with Crippen LogP contribution in [0.2, 0.25) is 0 Å². The zero-order valence-electron chi connectivity index (χ0n) is 13.4. The van der Waals surface area contributed by atoms with Gasteiger partial charge in [0.1, 0.15) is 11.9 Å². The molecule has 1 saturated carbocycles. The van der Waals surface area contributed by atoms with E-state index in [0.717, 1.165) is 42.9 Å². The van der Waals surface area contributed by atoms with Crippen LogP contribution in [-0.2, 0) is 15.7 Å². The number of halogens is 3. The van der Waals surface area contributed by atoms with Crippen LogP contribution in [0, 0.1) is 5.92 Å². The number of hydrogen-bond acceptors (Lipinski definition) is 2. The summed E-state index contributed by atoms with van der Waals surface area (Å²) in [5, 5.41) is 0. The van der Waals surface area contributed by atoms with Crippen molar-refractivity contribution in [3.8, 4) is 0 Å². The molecule has 0 bridgehead atoms. The van der Waals surface area contributed by atoms with Gasteiger partial charge in [0, 0.05) is 12.7 Å². The summed E-state index contributed by atoms with van der Waals surface area (Å²) in [7, 11) is 3.13. The zero-order chi connectivity index (χ0) is 16.6. The molecule has 1 aromatic rings. The van der Waals surface area contributed by atoms with E-state index in [-0.39, 0.29) is 5.92 Å². The third kappa shape index (κ3) is 2.87. The number of hydrogen-bond donors (Lipinski definition) is 0. The smallest absolute Gasteiger partial charge is 0.416 e. The first-order valence-corrected chi connectivity index (χ1v) is 7.99. The first-order chi connectivity index (χ1) is 11.0. The lowest BCUT2D eigenvalue weighted by Crippen LogP contribution is -2.11. The number of allylic oxidation sites excluding steroid dienone is 1. The molecule has 126 valence electrons. The van der Waals surface area contributed by atoms with E-state index < -0.39 is 17.8 Å². The van der Waals surface area contributed by atoms with Crippen molar-refractivity contribution in [1.29, 1.82) is 0 Å². The van der Waals surface area contributed by atoms with E-state index in [9.17, 15) is 13.2 Å². The van der Waals surface area contributed by atoms with E-state index in [1.165, 1.54) is 18.6 Å². The van der Waals surface area contributed by atoms with Crippen molar-refractivity contribution in [3.63, 3.8) is 0 Å². The Labute approximate surface area is 134 Å². The second-order valence-corrected chi connectivity index (χ2v) is 6.23. The van der Waals surface area contributed by atoms with Gasteiger partial charge in [-0.3, -0.25) is 0 Å². The summed E-state index contributed by atoms with van der Waals surface area (Å²) in [6.45, 7) is 0. The molecule has 5 heteroatoms. The number of fused-ring (bicyclic) bond motifs is 1. The molecule has 0 spiro atoms. The molecular formula is C18H21F3O2. The average molecular weight is 326 g/mol. The molecule has 1 aromatic carbocycles. The summed E-state index contributed by atoms with van der Waals surface area (Å²) < 4.78 is 50.4. The van der Waals surface area contributed by atoms with Crippen LogP contribution in [0.4, 0.5) is 13.2 Å². The Bertz CT molecular complexity index is 613. The van der Waals surface area contributed by atoms with Crippen LogP contribution in [0.15, 0.2) is 24.0 Å². The van der Waals surface area contributed by atoms with Gasteiger partial charge in [-0.15, -0.1) is 0 Å². The monoisotopic (exact) mass is 326 g/mol. The van der Waals surface area contributed by atoms with Gasteiger partial charge in [0.25, 0.3) is 0 Å². The summed E-state index contributed by atoms with van der Waals surface area (Å²) >= 11 is 0. The Balaban J connectivity index is 2.12. The molecule has 0 saturated heterocycles. The maximum Gasteiger partial charge on any atom is 0.416 e. The molecular weight excluding hydrogens is 305 g/mol. The van der Waals surface area contributed by atoms with Gasteiger partial charge in [0.05, 0.1) is 12.7 Å². The van der Waals surface area contributed by atoms with E-state index >= 15 is 0 Å². The summed E-state index contributed by atoms with van der Waals surface area (Å²) in [6.07, 6.45) is 0.645. The Morgan fingerprint density at radius 1 is 1.04 bits per heavy atom. The van der Waals surface area contributed by atoms with Crippen LogP contribution >= 0.6 is 0 Å². The molecule has 3 rings (SSSR count). The Hall–Kier alpha value is -1.49. The first kappa shape index (κ1) is 16.4. The summed E-state index contributed by atoms with van der Waals surface area (Å²) in [5.41, 5.74) is 1.73. The van der Waals surface area contributed by atoms with E-state index in [2.05, 4.69) is 0 Å². The molecule has 0 aromatic heterocycles. The van der Waals surface area contributed by atoms with Crippen molar-refractivity contribution in [2.45, 2.75) is 44.4 Å². The van der Waals surface area contributed by atoms with Gasteiger partial charge in [-0.05, 0) is 42.0 Å². The van der Waals surface area contributed by atoms with Crippen molar-refractivity contribution in [2.24, 2.45) is 5.92 Å². The molecule has 0 N–H and O–H groups in total. The third-order valence-electron chi connectivity index (χ3n) is 4.93. The highest BCUT2D eigenvalue weighted by Crippen LogP contribution is 2.50. The third-order valence-corrected chi connectivity index (χ3v) is 4.93. The van der Waals surface area contributed by atoms with Crippen LogP contribution in [0.3, 0.4) is 0 Å². The quantitative estimate of drug-likeness (QED) is 0.746. The fourth-order valence-electron chi connectivity index (χ4n) is 3.87.